The molecule has 0 spiro atoms. The molecule has 31 heavy (non-hydrogen) atoms. The molecule has 2 aromatic carbocycles. The van der Waals surface area contributed by atoms with Crippen molar-refractivity contribution >= 4 is 28.4 Å². The van der Waals surface area contributed by atoms with Crippen molar-refractivity contribution in [2.45, 2.75) is 26.4 Å². The van der Waals surface area contributed by atoms with Gasteiger partial charge < -0.3 is 24.7 Å². The summed E-state index contributed by atoms with van der Waals surface area (Å²) >= 11 is 0. The maximum absolute atomic E-state index is 12.4. The van der Waals surface area contributed by atoms with Gasteiger partial charge in [0.2, 0.25) is 5.88 Å². The van der Waals surface area contributed by atoms with Crippen molar-refractivity contribution < 1.29 is 23.7 Å². The number of nitrogens with zero attached hydrogens (tertiary/aromatic N) is 2. The molecule has 1 amide bonds. The molecule has 0 fully saturated rings. The van der Waals surface area contributed by atoms with Gasteiger partial charge in [-0.15, -0.1) is 0 Å². The highest BCUT2D eigenvalue weighted by molar-refractivity contribution is 5.95. The molecule has 0 aliphatic carbocycles. The molecule has 0 atom stereocenters. The Balaban J connectivity index is 1.97. The second-order valence-corrected chi connectivity index (χ2v) is 7.68. The normalized spacial score (nSPS) is 11.2. The van der Waals surface area contributed by atoms with Crippen molar-refractivity contribution in [2.75, 3.05) is 31.4 Å². The van der Waals surface area contributed by atoms with E-state index in [-0.39, 0.29) is 0 Å². The second kappa shape index (κ2) is 9.48. The fraction of sp³-hybridized carbons (Fsp3) is 0.318. The number of benzene rings is 2. The fourth-order valence-electron chi connectivity index (χ4n) is 2.65. The van der Waals surface area contributed by atoms with E-state index >= 15 is 0 Å². The number of nitrogens with one attached hydrogen (secondary N) is 1. The molecule has 9 heteroatoms. The monoisotopic (exact) mass is 426 g/mol. The smallest absolute Gasteiger partial charge is 0.412 e. The highest BCUT2D eigenvalue weighted by Gasteiger charge is 2.19. The van der Waals surface area contributed by atoms with Crippen molar-refractivity contribution in [2.24, 2.45) is 0 Å². The first-order valence-corrected chi connectivity index (χ1v) is 9.69. The third-order valence-electron chi connectivity index (χ3n) is 3.98. The van der Waals surface area contributed by atoms with E-state index in [1.54, 1.807) is 64.3 Å². The van der Waals surface area contributed by atoms with E-state index in [4.69, 9.17) is 24.7 Å². The van der Waals surface area contributed by atoms with Crippen molar-refractivity contribution in [3.05, 3.63) is 42.7 Å². The van der Waals surface area contributed by atoms with Gasteiger partial charge in [0.15, 0.2) is 0 Å². The van der Waals surface area contributed by atoms with E-state index in [2.05, 4.69) is 15.3 Å². The van der Waals surface area contributed by atoms with Crippen molar-refractivity contribution in [1.82, 2.24) is 9.97 Å². The van der Waals surface area contributed by atoms with Gasteiger partial charge in [-0.2, -0.15) is 0 Å². The number of hydrogen-bond donors (Lipinski definition) is 2. The van der Waals surface area contributed by atoms with Crippen LogP contribution in [0.3, 0.4) is 0 Å². The summed E-state index contributed by atoms with van der Waals surface area (Å²) in [5, 5.41) is 3.32. The Kier molecular flexibility index (Phi) is 6.76. The first kappa shape index (κ1) is 22.1. The number of nitrogen functional groups attached to an aromatic ring is 1. The van der Waals surface area contributed by atoms with Gasteiger partial charge >= 0.3 is 6.09 Å². The van der Waals surface area contributed by atoms with Crippen LogP contribution >= 0.6 is 0 Å². The first-order chi connectivity index (χ1) is 14.7. The zero-order valence-electron chi connectivity index (χ0n) is 18.0. The number of ether oxygens (including phenoxy) is 4. The number of carbonyl (C=O) groups excluding carboxylic acids is 1. The molecule has 0 aliphatic heterocycles. The number of aromatic nitrogens is 2. The van der Waals surface area contributed by atoms with Crippen molar-refractivity contribution in [3.63, 3.8) is 0 Å². The second-order valence-electron chi connectivity index (χ2n) is 7.68. The maximum atomic E-state index is 12.4. The van der Waals surface area contributed by atoms with Crippen LogP contribution in [0.5, 0.6) is 17.4 Å². The summed E-state index contributed by atoms with van der Waals surface area (Å²) in [6.07, 6.45) is 0.788. The Hall–Kier alpha value is -3.59. The van der Waals surface area contributed by atoms with Gasteiger partial charge in [0.25, 0.3) is 0 Å². The zero-order chi connectivity index (χ0) is 22.4. The molecule has 0 aliphatic rings. The maximum Gasteiger partial charge on any atom is 0.412 e. The molecule has 0 bridgehead atoms. The van der Waals surface area contributed by atoms with Gasteiger partial charge in [0.05, 0.1) is 23.2 Å². The summed E-state index contributed by atoms with van der Waals surface area (Å²) in [5.74, 6) is 1.31. The van der Waals surface area contributed by atoms with Gasteiger partial charge in [-0.25, -0.2) is 14.8 Å². The average Bonchev–Trinajstić information content (AvgIpc) is 2.69. The number of hydrogen-bond acceptors (Lipinski definition) is 8. The zero-order valence-corrected chi connectivity index (χ0v) is 18.0. The Labute approximate surface area is 180 Å². The molecular formula is C22H26N4O5. The predicted octanol–water partition coefficient (Wildman–Crippen LogP) is 4.38. The standard InChI is InChI=1S/C22H26N4O5/c1-22(2,3)31-21(27)26-18-11-16-17(12-19(18)29-10-9-28-4)24-13-25-20(16)30-15-7-5-14(23)6-8-15/h5-8,11-13H,9-10,23H2,1-4H3,(H,26,27). The number of carbonyl (C=O) groups is 1. The van der Waals surface area contributed by atoms with Gasteiger partial charge in [-0.1, -0.05) is 0 Å². The highest BCUT2D eigenvalue weighted by Crippen LogP contribution is 2.35. The molecule has 0 radical (unpaired) electrons. The van der Waals surface area contributed by atoms with E-state index in [9.17, 15) is 4.79 Å². The molecule has 164 valence electrons. The first-order valence-electron chi connectivity index (χ1n) is 9.69. The van der Waals surface area contributed by atoms with Gasteiger partial charge in [0.1, 0.15) is 30.0 Å². The van der Waals surface area contributed by atoms with E-state index in [0.717, 1.165) is 0 Å². The van der Waals surface area contributed by atoms with Crippen LogP contribution < -0.4 is 20.5 Å². The van der Waals surface area contributed by atoms with Gasteiger partial charge in [-0.05, 0) is 51.1 Å². The minimum absolute atomic E-state index is 0.297. The number of methoxy groups -OCH3 is 1. The van der Waals surface area contributed by atoms with Crippen LogP contribution in [-0.2, 0) is 9.47 Å². The Bertz CT molecular complexity index is 1050. The van der Waals surface area contributed by atoms with Gasteiger partial charge in [0, 0.05) is 18.9 Å². The van der Waals surface area contributed by atoms with E-state index < -0.39 is 11.7 Å². The van der Waals surface area contributed by atoms with Crippen molar-refractivity contribution in [3.8, 4) is 17.4 Å². The number of anilines is 2. The van der Waals surface area contributed by atoms with Crippen LogP contribution in [0.15, 0.2) is 42.7 Å². The lowest BCUT2D eigenvalue weighted by molar-refractivity contribution is 0.0635. The lowest BCUT2D eigenvalue weighted by atomic mass is 10.2. The summed E-state index contributed by atoms with van der Waals surface area (Å²) in [6.45, 7) is 6.05. The van der Waals surface area contributed by atoms with Crippen LogP contribution in [0.1, 0.15) is 20.8 Å². The third-order valence-corrected chi connectivity index (χ3v) is 3.98. The molecule has 3 rings (SSSR count). The lowest BCUT2D eigenvalue weighted by Gasteiger charge is -2.21. The summed E-state index contributed by atoms with van der Waals surface area (Å²) in [6, 6.07) is 10.3. The molecule has 0 unspecified atom stereocenters. The van der Waals surface area contributed by atoms with Crippen LogP contribution in [-0.4, -0.2) is 42.0 Å². The summed E-state index contributed by atoms with van der Waals surface area (Å²) < 4.78 is 22.1. The predicted molar refractivity (Wildman–Crippen MR) is 118 cm³/mol. The number of fused-ring (bicyclic) bond motifs is 1. The summed E-state index contributed by atoms with van der Waals surface area (Å²) in [7, 11) is 1.58. The van der Waals surface area contributed by atoms with E-state index in [1.807, 2.05) is 0 Å². The largest absolute Gasteiger partial charge is 0.489 e. The van der Waals surface area contributed by atoms with Crippen LogP contribution in [0.4, 0.5) is 16.2 Å². The average molecular weight is 426 g/mol. The summed E-state index contributed by atoms with van der Waals surface area (Å²) in [4.78, 5) is 20.9. The quantitative estimate of drug-likeness (QED) is 0.422. The Morgan fingerprint density at radius 3 is 2.52 bits per heavy atom. The summed E-state index contributed by atoms with van der Waals surface area (Å²) in [5.41, 5.74) is 6.69. The molecule has 1 heterocycles. The minimum Gasteiger partial charge on any atom is -0.489 e. The van der Waals surface area contributed by atoms with Crippen LogP contribution in [0, 0.1) is 0 Å². The molecule has 0 saturated carbocycles. The van der Waals surface area contributed by atoms with Crippen molar-refractivity contribution in [1.29, 1.82) is 0 Å². The number of rotatable bonds is 7. The molecular weight excluding hydrogens is 400 g/mol. The molecule has 0 saturated heterocycles. The van der Waals surface area contributed by atoms with Crippen LogP contribution in [0.25, 0.3) is 10.9 Å². The Morgan fingerprint density at radius 2 is 1.84 bits per heavy atom. The minimum atomic E-state index is -0.648. The topological polar surface area (TPSA) is 118 Å². The number of amides is 1. The molecule has 3 aromatic rings. The van der Waals surface area contributed by atoms with Gasteiger partial charge in [-0.3, -0.25) is 5.32 Å². The Morgan fingerprint density at radius 1 is 1.10 bits per heavy atom. The lowest BCUT2D eigenvalue weighted by Crippen LogP contribution is -2.27. The number of nitrogens with two attached hydrogens (primary N) is 1. The van der Waals surface area contributed by atoms with Crippen LogP contribution in [0.2, 0.25) is 0 Å². The fourth-order valence-corrected chi connectivity index (χ4v) is 2.65. The van der Waals surface area contributed by atoms with E-state index in [1.165, 1.54) is 6.33 Å². The van der Waals surface area contributed by atoms with E-state index in [0.29, 0.717) is 52.9 Å². The highest BCUT2D eigenvalue weighted by atomic mass is 16.6. The molecule has 9 nitrogen and oxygen atoms in total. The third kappa shape index (κ3) is 6.19. The SMILES string of the molecule is COCCOc1cc2ncnc(Oc3ccc(N)cc3)c2cc1NC(=O)OC(C)(C)C. The molecule has 1 aromatic heterocycles. The molecule has 3 N–H and O–H groups in total.